The van der Waals surface area contributed by atoms with Gasteiger partial charge in [-0.1, -0.05) is 0 Å². The van der Waals surface area contributed by atoms with Crippen molar-refractivity contribution < 1.29 is 27.8 Å². The summed E-state index contributed by atoms with van der Waals surface area (Å²) in [7, 11) is 0.406. The second-order valence-electron chi connectivity index (χ2n) is 5.60. The van der Waals surface area contributed by atoms with Gasteiger partial charge in [0.15, 0.2) is 0 Å². The van der Waals surface area contributed by atoms with E-state index in [1.807, 2.05) is 0 Å². The van der Waals surface area contributed by atoms with Crippen LogP contribution in [0, 0.1) is 0 Å². The van der Waals surface area contributed by atoms with Crippen LogP contribution < -0.4 is 9.46 Å². The molecule has 0 aliphatic carbocycles. The van der Waals surface area contributed by atoms with E-state index >= 15 is 0 Å². The molecule has 0 saturated carbocycles. The maximum absolute atomic E-state index is 12.6. The molecule has 0 amide bonds. The van der Waals surface area contributed by atoms with E-state index in [9.17, 15) is 18.3 Å². The van der Waals surface area contributed by atoms with Crippen molar-refractivity contribution in [2.45, 2.75) is 17.4 Å². The minimum absolute atomic E-state index is 0.0142. The topological polar surface area (TPSA) is 107 Å². The lowest BCUT2D eigenvalue weighted by molar-refractivity contribution is 0.0600. The highest BCUT2D eigenvalue weighted by Gasteiger charge is 2.22. The molecule has 0 aliphatic heterocycles. The predicted octanol–water partition coefficient (Wildman–Crippen LogP) is 1.22. The smallest absolute Gasteiger partial charge is 0.337 e. The first kappa shape index (κ1) is 20.0. The number of nitrogens with zero attached hydrogens (tertiary/aromatic N) is 1. The number of rotatable bonds is 8. The number of benzene rings is 1. The summed E-state index contributed by atoms with van der Waals surface area (Å²) in [5.74, 6) is -0.545. The summed E-state index contributed by atoms with van der Waals surface area (Å²) < 4.78 is 39.0. The molecule has 1 unspecified atom stereocenters. The highest BCUT2D eigenvalue weighted by atomic mass is 32.2. The number of aromatic nitrogens is 1. The molecule has 0 spiro atoms. The zero-order chi connectivity index (χ0) is 19.3. The van der Waals surface area contributed by atoms with Gasteiger partial charge in [-0.05, 0) is 36.8 Å². The van der Waals surface area contributed by atoms with Gasteiger partial charge in [0.25, 0.3) is 0 Å². The first-order valence-electron chi connectivity index (χ1n) is 7.85. The third-order valence-corrected chi connectivity index (χ3v) is 5.39. The number of carbonyl (C=O) groups excluding carboxylic acids is 1. The van der Waals surface area contributed by atoms with Gasteiger partial charge in [-0.3, -0.25) is 0 Å². The third-order valence-electron chi connectivity index (χ3n) is 3.91. The quantitative estimate of drug-likeness (QED) is 0.665. The minimum Gasteiger partial charge on any atom is -0.495 e. The average molecular weight is 382 g/mol. The van der Waals surface area contributed by atoms with Gasteiger partial charge >= 0.3 is 5.97 Å². The first-order valence-corrected chi connectivity index (χ1v) is 9.33. The Bertz CT molecular complexity index is 875. The highest BCUT2D eigenvalue weighted by Crippen LogP contribution is 2.25. The van der Waals surface area contributed by atoms with Gasteiger partial charge < -0.3 is 19.1 Å². The fraction of sp³-hybridized carbons (Fsp3) is 0.353. The fourth-order valence-electron chi connectivity index (χ4n) is 2.51. The molecule has 0 radical (unpaired) electrons. The summed E-state index contributed by atoms with van der Waals surface area (Å²) in [5.41, 5.74) is 0.784. The van der Waals surface area contributed by atoms with Crippen LogP contribution in [0.5, 0.6) is 5.75 Å². The van der Waals surface area contributed by atoms with Gasteiger partial charge in [-0.25, -0.2) is 17.9 Å². The summed E-state index contributed by atoms with van der Waals surface area (Å²) >= 11 is 0. The molecule has 1 atom stereocenters. The van der Waals surface area contributed by atoms with Crippen molar-refractivity contribution in [3.8, 4) is 5.75 Å². The highest BCUT2D eigenvalue weighted by molar-refractivity contribution is 7.89. The number of sulfonamides is 1. The normalized spacial score (nSPS) is 12.6. The van der Waals surface area contributed by atoms with Gasteiger partial charge in [-0.2, -0.15) is 0 Å². The molecule has 1 heterocycles. The number of aliphatic hydroxyl groups is 1. The second kappa shape index (κ2) is 8.35. The number of ether oxygens (including phenoxy) is 2. The molecule has 26 heavy (non-hydrogen) atoms. The lowest BCUT2D eigenvalue weighted by atomic mass is 10.2. The summed E-state index contributed by atoms with van der Waals surface area (Å²) in [6.07, 6.45) is 1.18. The van der Waals surface area contributed by atoms with E-state index in [1.54, 1.807) is 29.9 Å². The molecule has 2 rings (SSSR count). The van der Waals surface area contributed by atoms with Crippen LogP contribution in [0.25, 0.3) is 0 Å². The van der Waals surface area contributed by atoms with Crippen molar-refractivity contribution >= 4 is 16.0 Å². The molecule has 0 aliphatic rings. The first-order chi connectivity index (χ1) is 12.3. The number of esters is 1. The van der Waals surface area contributed by atoms with Crippen LogP contribution in [0.15, 0.2) is 41.4 Å². The van der Waals surface area contributed by atoms with Crippen LogP contribution in [0.4, 0.5) is 0 Å². The predicted molar refractivity (Wildman–Crippen MR) is 94.5 cm³/mol. The van der Waals surface area contributed by atoms with E-state index in [0.29, 0.717) is 5.69 Å². The Hall–Kier alpha value is -2.36. The maximum Gasteiger partial charge on any atom is 0.337 e. The van der Waals surface area contributed by atoms with Crippen LogP contribution >= 0.6 is 0 Å². The number of hydrogen-bond acceptors (Lipinski definition) is 6. The zero-order valence-corrected chi connectivity index (χ0v) is 15.6. The van der Waals surface area contributed by atoms with E-state index in [-0.39, 0.29) is 29.2 Å². The van der Waals surface area contributed by atoms with E-state index < -0.39 is 22.1 Å². The van der Waals surface area contributed by atoms with Crippen LogP contribution in [-0.2, 0) is 21.8 Å². The molecule has 9 heteroatoms. The average Bonchev–Trinajstić information content (AvgIpc) is 3.06. The Morgan fingerprint density at radius 3 is 2.62 bits per heavy atom. The van der Waals surface area contributed by atoms with Gasteiger partial charge in [0, 0.05) is 25.5 Å². The van der Waals surface area contributed by atoms with Crippen molar-refractivity contribution in [1.82, 2.24) is 9.29 Å². The van der Waals surface area contributed by atoms with Crippen LogP contribution in [0.1, 0.15) is 28.6 Å². The number of aryl methyl sites for hydroxylation is 1. The van der Waals surface area contributed by atoms with E-state index in [2.05, 4.69) is 9.46 Å². The SMILES string of the molecule is COC(=O)c1ccc(OC)c(S(=O)(=O)NCCC(O)c2cccn2C)c1. The fourth-order valence-corrected chi connectivity index (χ4v) is 3.75. The van der Waals surface area contributed by atoms with E-state index in [1.165, 1.54) is 32.4 Å². The minimum atomic E-state index is -3.94. The summed E-state index contributed by atoms with van der Waals surface area (Å²) in [6, 6.07) is 7.57. The van der Waals surface area contributed by atoms with Crippen LogP contribution in [0.3, 0.4) is 0 Å². The van der Waals surface area contributed by atoms with Gasteiger partial charge in [0.05, 0.1) is 25.9 Å². The van der Waals surface area contributed by atoms with Crippen molar-refractivity contribution in [2.75, 3.05) is 20.8 Å². The van der Waals surface area contributed by atoms with Gasteiger partial charge in [0.1, 0.15) is 10.6 Å². The van der Waals surface area contributed by atoms with E-state index in [0.717, 1.165) is 0 Å². The molecule has 0 fully saturated rings. The molecule has 1 aromatic heterocycles. The van der Waals surface area contributed by atoms with Crippen molar-refractivity contribution in [3.05, 3.63) is 47.8 Å². The number of aliphatic hydroxyl groups excluding tert-OH is 1. The molecular weight excluding hydrogens is 360 g/mol. The lowest BCUT2D eigenvalue weighted by Gasteiger charge is -2.14. The monoisotopic (exact) mass is 382 g/mol. The summed E-state index contributed by atoms with van der Waals surface area (Å²) in [4.78, 5) is 11.5. The molecule has 2 N–H and O–H groups in total. The Morgan fingerprint density at radius 2 is 2.04 bits per heavy atom. The number of hydrogen-bond donors (Lipinski definition) is 2. The maximum atomic E-state index is 12.6. The number of methoxy groups -OCH3 is 2. The summed E-state index contributed by atoms with van der Waals surface area (Å²) in [5, 5.41) is 10.2. The molecule has 0 saturated heterocycles. The van der Waals surface area contributed by atoms with Gasteiger partial charge in [0.2, 0.25) is 10.0 Å². The Labute approximate surface area is 152 Å². The Morgan fingerprint density at radius 1 is 1.31 bits per heavy atom. The van der Waals surface area contributed by atoms with E-state index in [4.69, 9.17) is 4.74 Å². The molecule has 2 aromatic rings. The molecule has 142 valence electrons. The van der Waals surface area contributed by atoms with Crippen molar-refractivity contribution in [3.63, 3.8) is 0 Å². The van der Waals surface area contributed by atoms with Crippen molar-refractivity contribution in [2.24, 2.45) is 7.05 Å². The molecule has 8 nitrogen and oxygen atoms in total. The largest absolute Gasteiger partial charge is 0.495 e. The Balaban J connectivity index is 2.14. The van der Waals surface area contributed by atoms with Gasteiger partial charge in [-0.15, -0.1) is 0 Å². The third kappa shape index (κ3) is 4.43. The lowest BCUT2D eigenvalue weighted by Crippen LogP contribution is -2.27. The zero-order valence-electron chi connectivity index (χ0n) is 14.8. The molecule has 1 aromatic carbocycles. The number of nitrogens with one attached hydrogen (secondary N) is 1. The molecule has 0 bridgehead atoms. The van der Waals surface area contributed by atoms with Crippen molar-refractivity contribution in [1.29, 1.82) is 0 Å². The van der Waals surface area contributed by atoms with Crippen LogP contribution in [-0.4, -0.2) is 44.8 Å². The second-order valence-corrected chi connectivity index (χ2v) is 7.34. The summed E-state index contributed by atoms with van der Waals surface area (Å²) in [6.45, 7) is 0.0142. The molecular formula is C17H22N2O6S. The number of carbonyl (C=O) groups is 1. The van der Waals surface area contributed by atoms with Crippen LogP contribution in [0.2, 0.25) is 0 Å². The standard InChI is InChI=1S/C17H22N2O6S/c1-19-10-4-5-13(19)14(20)8-9-18-26(22,23)16-11-12(17(21)25-3)6-7-15(16)24-2/h4-7,10-11,14,18,20H,8-9H2,1-3H3. The Kier molecular flexibility index (Phi) is 6.41.